The van der Waals surface area contributed by atoms with Crippen molar-refractivity contribution in [2.75, 3.05) is 37.6 Å². The summed E-state index contributed by atoms with van der Waals surface area (Å²) >= 11 is 0. The second-order valence-corrected chi connectivity index (χ2v) is 5.90. The summed E-state index contributed by atoms with van der Waals surface area (Å²) in [4.78, 5) is 20.9. The van der Waals surface area contributed by atoms with Crippen LogP contribution in [0.5, 0.6) is 0 Å². The summed E-state index contributed by atoms with van der Waals surface area (Å²) in [7, 11) is 1.85. The lowest BCUT2D eigenvalue weighted by Gasteiger charge is -2.35. The first-order valence-corrected chi connectivity index (χ1v) is 8.52. The standard InChI is InChI=1S/C17H24N6O2/c1-3-18-17(19-7-6-15-5-4-10-25-15)22-8-9-23(16(24)13-22)14-11-20-21(2)12-14/h4-5,10-12H,3,6-9,13H2,1-2H3,(H,18,19). The molecule has 2 aromatic heterocycles. The second kappa shape index (κ2) is 7.87. The Bertz CT molecular complexity index is 721. The maximum Gasteiger partial charge on any atom is 0.246 e. The summed E-state index contributed by atoms with van der Waals surface area (Å²) in [6.45, 7) is 5.06. The highest BCUT2D eigenvalue weighted by Crippen LogP contribution is 2.16. The van der Waals surface area contributed by atoms with E-state index < -0.39 is 0 Å². The molecule has 1 N–H and O–H groups in total. The van der Waals surface area contributed by atoms with E-state index in [0.717, 1.165) is 36.9 Å². The summed E-state index contributed by atoms with van der Waals surface area (Å²) in [6, 6.07) is 3.82. The SMILES string of the molecule is CCNC(=NCCc1ccco1)N1CCN(c2cnn(C)c2)C(=O)C1. The van der Waals surface area contributed by atoms with E-state index >= 15 is 0 Å². The molecule has 8 heteroatoms. The predicted octanol–water partition coefficient (Wildman–Crippen LogP) is 0.870. The Hall–Kier alpha value is -2.77. The van der Waals surface area contributed by atoms with Crippen molar-refractivity contribution in [3.63, 3.8) is 0 Å². The zero-order chi connectivity index (χ0) is 17.6. The van der Waals surface area contributed by atoms with E-state index in [2.05, 4.69) is 15.4 Å². The number of hydrogen-bond donors (Lipinski definition) is 1. The second-order valence-electron chi connectivity index (χ2n) is 5.90. The molecule has 1 fully saturated rings. The summed E-state index contributed by atoms with van der Waals surface area (Å²) in [5, 5.41) is 7.41. The molecule has 0 unspecified atom stereocenters. The molecule has 0 saturated carbocycles. The number of hydrogen-bond acceptors (Lipinski definition) is 4. The molecule has 2 aromatic rings. The maximum absolute atomic E-state index is 12.5. The molecule has 1 amide bonds. The molecule has 3 heterocycles. The first-order chi connectivity index (χ1) is 12.2. The van der Waals surface area contributed by atoms with Gasteiger partial charge in [0.2, 0.25) is 5.91 Å². The van der Waals surface area contributed by atoms with Crippen molar-refractivity contribution in [2.45, 2.75) is 13.3 Å². The van der Waals surface area contributed by atoms with Crippen LogP contribution in [-0.4, -0.2) is 59.3 Å². The van der Waals surface area contributed by atoms with Crippen molar-refractivity contribution < 1.29 is 9.21 Å². The lowest BCUT2D eigenvalue weighted by atomic mass is 10.3. The number of carbonyl (C=O) groups is 1. The van der Waals surface area contributed by atoms with Gasteiger partial charge in [-0.15, -0.1) is 0 Å². The minimum atomic E-state index is 0.0517. The number of aromatic nitrogens is 2. The van der Waals surface area contributed by atoms with Gasteiger partial charge in [0.15, 0.2) is 5.96 Å². The molecule has 0 bridgehead atoms. The van der Waals surface area contributed by atoms with Crippen LogP contribution < -0.4 is 10.2 Å². The number of carbonyl (C=O) groups excluding carboxylic acids is 1. The molecule has 1 aliphatic heterocycles. The summed E-state index contributed by atoms with van der Waals surface area (Å²) in [5.41, 5.74) is 0.840. The Kier molecular flexibility index (Phi) is 5.37. The van der Waals surface area contributed by atoms with Crippen molar-refractivity contribution >= 4 is 17.6 Å². The van der Waals surface area contributed by atoms with Gasteiger partial charge in [-0.3, -0.25) is 14.5 Å². The van der Waals surface area contributed by atoms with Crippen LogP contribution in [0.1, 0.15) is 12.7 Å². The molecule has 1 saturated heterocycles. The van der Waals surface area contributed by atoms with Gasteiger partial charge in [-0.2, -0.15) is 5.10 Å². The minimum Gasteiger partial charge on any atom is -0.469 e. The van der Waals surface area contributed by atoms with Gasteiger partial charge in [0.1, 0.15) is 12.3 Å². The number of aliphatic imine (C=N–C) groups is 1. The molecular formula is C17H24N6O2. The fourth-order valence-corrected chi connectivity index (χ4v) is 2.83. The minimum absolute atomic E-state index is 0.0517. The number of aryl methyl sites for hydroxylation is 1. The van der Waals surface area contributed by atoms with E-state index in [1.165, 1.54) is 0 Å². The van der Waals surface area contributed by atoms with Gasteiger partial charge in [-0.25, -0.2) is 0 Å². The van der Waals surface area contributed by atoms with Crippen molar-refractivity contribution in [2.24, 2.45) is 12.0 Å². The summed E-state index contributed by atoms with van der Waals surface area (Å²) in [6.07, 6.45) is 5.98. The van der Waals surface area contributed by atoms with E-state index in [4.69, 9.17) is 4.42 Å². The quantitative estimate of drug-likeness (QED) is 0.643. The summed E-state index contributed by atoms with van der Waals surface area (Å²) in [5.74, 6) is 1.74. The van der Waals surface area contributed by atoms with Gasteiger partial charge >= 0.3 is 0 Å². The van der Waals surface area contributed by atoms with Gasteiger partial charge < -0.3 is 19.5 Å². The molecule has 0 aromatic carbocycles. The lowest BCUT2D eigenvalue weighted by Crippen LogP contribution is -2.55. The third-order valence-corrected chi connectivity index (χ3v) is 4.06. The van der Waals surface area contributed by atoms with Crippen LogP contribution >= 0.6 is 0 Å². The van der Waals surface area contributed by atoms with Crippen molar-refractivity contribution in [1.82, 2.24) is 20.0 Å². The third-order valence-electron chi connectivity index (χ3n) is 4.06. The Labute approximate surface area is 147 Å². The number of amides is 1. The van der Waals surface area contributed by atoms with E-state index in [1.54, 1.807) is 22.0 Å². The first-order valence-electron chi connectivity index (χ1n) is 8.52. The van der Waals surface area contributed by atoms with Crippen molar-refractivity contribution in [3.8, 4) is 0 Å². The van der Waals surface area contributed by atoms with Gasteiger partial charge in [0.25, 0.3) is 0 Å². The van der Waals surface area contributed by atoms with Gasteiger partial charge in [0.05, 0.1) is 18.1 Å². The van der Waals surface area contributed by atoms with Gasteiger partial charge in [-0.1, -0.05) is 0 Å². The molecule has 3 rings (SSSR count). The number of rotatable bonds is 5. The normalized spacial score (nSPS) is 15.8. The lowest BCUT2D eigenvalue weighted by molar-refractivity contribution is -0.120. The van der Waals surface area contributed by atoms with Crippen LogP contribution in [0.3, 0.4) is 0 Å². The average Bonchev–Trinajstić information content (AvgIpc) is 3.26. The maximum atomic E-state index is 12.5. The van der Waals surface area contributed by atoms with Crippen molar-refractivity contribution in [1.29, 1.82) is 0 Å². The van der Waals surface area contributed by atoms with Crippen LogP contribution in [0.2, 0.25) is 0 Å². The van der Waals surface area contributed by atoms with Gasteiger partial charge in [-0.05, 0) is 19.1 Å². The largest absolute Gasteiger partial charge is 0.469 e. The van der Waals surface area contributed by atoms with Crippen LogP contribution in [0.15, 0.2) is 40.2 Å². The van der Waals surface area contributed by atoms with E-state index in [0.29, 0.717) is 19.6 Å². The first kappa shape index (κ1) is 17.1. The highest BCUT2D eigenvalue weighted by atomic mass is 16.3. The number of guanidine groups is 1. The van der Waals surface area contributed by atoms with Crippen LogP contribution in [0.25, 0.3) is 0 Å². The number of nitrogens with zero attached hydrogens (tertiary/aromatic N) is 5. The highest BCUT2D eigenvalue weighted by molar-refractivity contribution is 5.98. The molecule has 25 heavy (non-hydrogen) atoms. The Morgan fingerprint density at radius 3 is 2.96 bits per heavy atom. The summed E-state index contributed by atoms with van der Waals surface area (Å²) < 4.78 is 7.03. The van der Waals surface area contributed by atoms with E-state index in [9.17, 15) is 4.79 Å². The molecule has 134 valence electrons. The number of anilines is 1. The topological polar surface area (TPSA) is 78.9 Å². The van der Waals surface area contributed by atoms with Gasteiger partial charge in [0, 0.05) is 45.8 Å². The molecule has 0 radical (unpaired) electrons. The molecule has 0 atom stereocenters. The smallest absolute Gasteiger partial charge is 0.246 e. The fourth-order valence-electron chi connectivity index (χ4n) is 2.83. The molecule has 1 aliphatic rings. The van der Waals surface area contributed by atoms with E-state index in [1.807, 2.05) is 37.2 Å². The van der Waals surface area contributed by atoms with Crippen molar-refractivity contribution in [3.05, 3.63) is 36.5 Å². The zero-order valence-electron chi connectivity index (χ0n) is 14.7. The average molecular weight is 344 g/mol. The molecule has 0 aliphatic carbocycles. The van der Waals surface area contributed by atoms with E-state index in [-0.39, 0.29) is 5.91 Å². The Morgan fingerprint density at radius 2 is 2.32 bits per heavy atom. The predicted molar refractivity (Wildman–Crippen MR) is 95.5 cm³/mol. The highest BCUT2D eigenvalue weighted by Gasteiger charge is 2.27. The van der Waals surface area contributed by atoms with Crippen LogP contribution in [0.4, 0.5) is 5.69 Å². The number of furan rings is 1. The third kappa shape index (κ3) is 4.20. The Balaban J connectivity index is 1.61. The number of nitrogens with one attached hydrogen (secondary N) is 1. The zero-order valence-corrected chi connectivity index (χ0v) is 14.7. The number of piperazine rings is 1. The fraction of sp³-hybridized carbons (Fsp3) is 0.471. The molecule has 0 spiro atoms. The van der Waals surface area contributed by atoms with Crippen LogP contribution in [-0.2, 0) is 18.3 Å². The molecular weight excluding hydrogens is 320 g/mol. The monoisotopic (exact) mass is 344 g/mol. The van der Waals surface area contributed by atoms with Crippen LogP contribution in [0, 0.1) is 0 Å². The Morgan fingerprint density at radius 1 is 1.44 bits per heavy atom. The molecule has 8 nitrogen and oxygen atoms in total.